The Morgan fingerprint density at radius 2 is 1.67 bits per heavy atom. The van der Waals surface area contributed by atoms with Gasteiger partial charge in [0, 0.05) is 31.6 Å². The Hall–Kier alpha value is -2.89. The number of rotatable bonds is 4. The SMILES string of the molecule is Cc1cc(C)cc(C2CCCN2C(=O)C2CCN(c3ccccc3[N+](=O)[O-])CC2)c1. The highest BCUT2D eigenvalue weighted by molar-refractivity contribution is 5.80. The zero-order valence-corrected chi connectivity index (χ0v) is 17.7. The van der Waals surface area contributed by atoms with Crippen molar-refractivity contribution in [3.05, 3.63) is 69.3 Å². The highest BCUT2D eigenvalue weighted by Gasteiger charge is 2.36. The van der Waals surface area contributed by atoms with Gasteiger partial charge in [0.1, 0.15) is 5.69 Å². The quantitative estimate of drug-likeness (QED) is 0.540. The van der Waals surface area contributed by atoms with Crippen LogP contribution in [-0.2, 0) is 4.79 Å². The third kappa shape index (κ3) is 4.04. The molecule has 0 saturated carbocycles. The fourth-order valence-corrected chi connectivity index (χ4v) is 5.07. The fourth-order valence-electron chi connectivity index (χ4n) is 5.07. The fraction of sp³-hybridized carbons (Fsp3) is 0.458. The maximum Gasteiger partial charge on any atom is 0.292 e. The molecule has 0 spiro atoms. The van der Waals surface area contributed by atoms with Crippen LogP contribution in [0, 0.1) is 29.9 Å². The molecule has 0 N–H and O–H groups in total. The largest absolute Gasteiger partial charge is 0.366 e. The first kappa shape index (κ1) is 20.4. The molecule has 1 unspecified atom stereocenters. The van der Waals surface area contributed by atoms with Crippen molar-refractivity contribution >= 4 is 17.3 Å². The minimum absolute atomic E-state index is 0.00414. The number of hydrogen-bond donors (Lipinski definition) is 0. The molecule has 1 amide bonds. The van der Waals surface area contributed by atoms with Crippen LogP contribution in [0.25, 0.3) is 0 Å². The Kier molecular flexibility index (Phi) is 5.75. The molecule has 6 nitrogen and oxygen atoms in total. The molecule has 2 aromatic carbocycles. The summed E-state index contributed by atoms with van der Waals surface area (Å²) in [6.07, 6.45) is 3.53. The highest BCUT2D eigenvalue weighted by atomic mass is 16.6. The van der Waals surface area contributed by atoms with Crippen molar-refractivity contribution in [2.45, 2.75) is 45.6 Å². The average molecular weight is 408 g/mol. The molecule has 1 atom stereocenters. The predicted octanol–water partition coefficient (Wildman–Crippen LogP) is 4.79. The number of anilines is 1. The van der Waals surface area contributed by atoms with Crippen LogP contribution in [0.5, 0.6) is 0 Å². The smallest absolute Gasteiger partial charge is 0.292 e. The number of carbonyl (C=O) groups excluding carboxylic acids is 1. The summed E-state index contributed by atoms with van der Waals surface area (Å²) < 4.78 is 0. The number of nitrogens with zero attached hydrogens (tertiary/aromatic N) is 3. The van der Waals surface area contributed by atoms with E-state index in [4.69, 9.17) is 0 Å². The Bertz CT molecular complexity index is 930. The van der Waals surface area contributed by atoms with Crippen LogP contribution in [0.15, 0.2) is 42.5 Å². The number of para-hydroxylation sites is 2. The van der Waals surface area contributed by atoms with E-state index in [0.29, 0.717) is 18.8 Å². The summed E-state index contributed by atoms with van der Waals surface area (Å²) in [5.74, 6) is 0.245. The van der Waals surface area contributed by atoms with Crippen LogP contribution in [0.1, 0.15) is 48.4 Å². The normalized spacial score (nSPS) is 19.9. The molecule has 2 aromatic rings. The second-order valence-electron chi connectivity index (χ2n) is 8.62. The van der Waals surface area contributed by atoms with Gasteiger partial charge in [-0.25, -0.2) is 0 Å². The molecule has 2 aliphatic rings. The van der Waals surface area contributed by atoms with Crippen LogP contribution >= 0.6 is 0 Å². The first-order valence-electron chi connectivity index (χ1n) is 10.8. The van der Waals surface area contributed by atoms with Crippen molar-refractivity contribution in [2.75, 3.05) is 24.5 Å². The minimum atomic E-state index is -0.328. The number of amides is 1. The summed E-state index contributed by atoms with van der Waals surface area (Å²) in [6.45, 7) is 6.37. The molecule has 158 valence electrons. The van der Waals surface area contributed by atoms with Crippen LogP contribution in [-0.4, -0.2) is 35.4 Å². The molecule has 6 heteroatoms. The zero-order chi connectivity index (χ0) is 21.3. The topological polar surface area (TPSA) is 66.7 Å². The van der Waals surface area contributed by atoms with Crippen LogP contribution in [0.2, 0.25) is 0 Å². The van der Waals surface area contributed by atoms with Gasteiger partial charge in [0.15, 0.2) is 0 Å². The van der Waals surface area contributed by atoms with Gasteiger partial charge in [0.05, 0.1) is 11.0 Å². The minimum Gasteiger partial charge on any atom is -0.366 e. The van der Waals surface area contributed by atoms with Crippen LogP contribution in [0.3, 0.4) is 0 Å². The second-order valence-corrected chi connectivity index (χ2v) is 8.62. The first-order valence-corrected chi connectivity index (χ1v) is 10.8. The van der Waals surface area contributed by atoms with E-state index in [-0.39, 0.29) is 28.5 Å². The lowest BCUT2D eigenvalue weighted by molar-refractivity contribution is -0.384. The summed E-state index contributed by atoms with van der Waals surface area (Å²) in [5.41, 5.74) is 4.51. The molecule has 2 heterocycles. The van der Waals surface area contributed by atoms with Gasteiger partial charge in [-0.05, 0) is 51.2 Å². The molecule has 0 bridgehead atoms. The number of benzene rings is 2. The third-order valence-electron chi connectivity index (χ3n) is 6.43. The van der Waals surface area contributed by atoms with E-state index >= 15 is 0 Å². The lowest BCUT2D eigenvalue weighted by Crippen LogP contribution is -2.42. The molecular formula is C24H29N3O3. The molecule has 30 heavy (non-hydrogen) atoms. The number of hydrogen-bond acceptors (Lipinski definition) is 4. The zero-order valence-electron chi connectivity index (χ0n) is 17.7. The van der Waals surface area contributed by atoms with E-state index in [2.05, 4.69) is 36.9 Å². The van der Waals surface area contributed by atoms with Crippen molar-refractivity contribution < 1.29 is 9.72 Å². The Labute approximate surface area is 177 Å². The molecule has 0 aliphatic carbocycles. The monoisotopic (exact) mass is 407 g/mol. The van der Waals surface area contributed by atoms with E-state index in [1.54, 1.807) is 18.2 Å². The number of likely N-dealkylation sites (tertiary alicyclic amines) is 1. The number of nitro benzene ring substituents is 1. The van der Waals surface area contributed by atoms with Crippen molar-refractivity contribution in [1.82, 2.24) is 4.90 Å². The van der Waals surface area contributed by atoms with Gasteiger partial charge in [-0.3, -0.25) is 14.9 Å². The third-order valence-corrected chi connectivity index (χ3v) is 6.43. The van der Waals surface area contributed by atoms with E-state index in [1.807, 2.05) is 11.0 Å². The first-order chi connectivity index (χ1) is 14.4. The predicted molar refractivity (Wildman–Crippen MR) is 118 cm³/mol. The molecule has 4 rings (SSSR count). The summed E-state index contributed by atoms with van der Waals surface area (Å²) >= 11 is 0. The second kappa shape index (κ2) is 8.46. The number of nitro groups is 1. The highest BCUT2D eigenvalue weighted by Crippen LogP contribution is 2.37. The molecule has 0 radical (unpaired) electrons. The molecule has 0 aromatic heterocycles. The van der Waals surface area contributed by atoms with Crippen molar-refractivity contribution in [2.24, 2.45) is 5.92 Å². The van der Waals surface area contributed by atoms with Crippen molar-refractivity contribution in [3.63, 3.8) is 0 Å². The Morgan fingerprint density at radius 1 is 1.00 bits per heavy atom. The molecule has 2 aliphatic heterocycles. The molecule has 2 fully saturated rings. The van der Waals surface area contributed by atoms with Crippen LogP contribution in [0.4, 0.5) is 11.4 Å². The van der Waals surface area contributed by atoms with E-state index in [0.717, 1.165) is 32.2 Å². The maximum atomic E-state index is 13.4. The van der Waals surface area contributed by atoms with Gasteiger partial charge in [-0.2, -0.15) is 0 Å². The van der Waals surface area contributed by atoms with Crippen molar-refractivity contribution in [1.29, 1.82) is 0 Å². The van der Waals surface area contributed by atoms with Gasteiger partial charge in [0.25, 0.3) is 5.69 Å². The summed E-state index contributed by atoms with van der Waals surface area (Å²) in [7, 11) is 0. The van der Waals surface area contributed by atoms with Crippen molar-refractivity contribution in [3.8, 4) is 0 Å². The lowest BCUT2D eigenvalue weighted by atomic mass is 9.93. The average Bonchev–Trinajstić information content (AvgIpc) is 3.22. The number of carbonyl (C=O) groups is 1. The standard InChI is InChI=1S/C24H29N3O3/c1-17-14-18(2)16-20(15-17)21-8-5-11-26(21)24(28)19-9-12-25(13-10-19)22-6-3-4-7-23(22)27(29)30/h3-4,6-7,14-16,19,21H,5,8-13H2,1-2H3. The number of aryl methyl sites for hydroxylation is 2. The molecule has 2 saturated heterocycles. The van der Waals surface area contributed by atoms with Gasteiger partial charge >= 0.3 is 0 Å². The summed E-state index contributed by atoms with van der Waals surface area (Å²) in [6, 6.07) is 13.6. The summed E-state index contributed by atoms with van der Waals surface area (Å²) in [4.78, 5) is 28.5. The number of piperidine rings is 1. The van der Waals surface area contributed by atoms with E-state index in [9.17, 15) is 14.9 Å². The lowest BCUT2D eigenvalue weighted by Gasteiger charge is -2.36. The Balaban J connectivity index is 1.45. The van der Waals surface area contributed by atoms with E-state index in [1.165, 1.54) is 16.7 Å². The summed E-state index contributed by atoms with van der Waals surface area (Å²) in [5, 5.41) is 11.3. The van der Waals surface area contributed by atoms with Gasteiger partial charge in [-0.15, -0.1) is 0 Å². The Morgan fingerprint density at radius 3 is 2.33 bits per heavy atom. The van der Waals surface area contributed by atoms with Crippen LogP contribution < -0.4 is 4.90 Å². The van der Waals surface area contributed by atoms with Gasteiger partial charge in [-0.1, -0.05) is 41.5 Å². The van der Waals surface area contributed by atoms with Gasteiger partial charge in [0.2, 0.25) is 5.91 Å². The maximum absolute atomic E-state index is 13.4. The van der Waals surface area contributed by atoms with E-state index < -0.39 is 0 Å². The molecular weight excluding hydrogens is 378 g/mol. The van der Waals surface area contributed by atoms with Gasteiger partial charge < -0.3 is 9.80 Å².